The molecule has 0 amide bonds. The van der Waals surface area contributed by atoms with Crippen LogP contribution in [0, 0.1) is 0 Å². The molecule has 0 aliphatic heterocycles. The van der Waals surface area contributed by atoms with Crippen molar-refractivity contribution >= 4 is 11.7 Å². The fraction of sp³-hybridized carbons (Fsp3) is 0.250. The van der Waals surface area contributed by atoms with Gasteiger partial charge in [-0.05, 0) is 0 Å². The highest BCUT2D eigenvalue weighted by atomic mass is 19.4. The molecular formula is C8H5F3N4O3. The lowest BCUT2D eigenvalue weighted by molar-refractivity contribution is -0.144. The van der Waals surface area contributed by atoms with Gasteiger partial charge >= 0.3 is 12.1 Å². The van der Waals surface area contributed by atoms with Gasteiger partial charge in [0.15, 0.2) is 5.69 Å². The standard InChI is InChI=1S/C8H5F3N4O3/c1-18-4-2-3(5(16)17)12-7-13-6(8(9,10)11)14-15(4)7/h2H,1H3,(H,16,17). The number of hydrogen-bond donors (Lipinski definition) is 1. The average molecular weight is 262 g/mol. The second-order valence-corrected chi connectivity index (χ2v) is 3.13. The minimum absolute atomic E-state index is 0.208. The van der Waals surface area contributed by atoms with Crippen LogP contribution in [0.2, 0.25) is 0 Å². The van der Waals surface area contributed by atoms with Crippen LogP contribution >= 0.6 is 0 Å². The normalized spacial score (nSPS) is 11.8. The molecule has 18 heavy (non-hydrogen) atoms. The number of aromatic carboxylic acids is 1. The molecule has 0 saturated heterocycles. The first-order chi connectivity index (χ1) is 8.32. The van der Waals surface area contributed by atoms with E-state index < -0.39 is 29.4 Å². The van der Waals surface area contributed by atoms with E-state index in [4.69, 9.17) is 9.84 Å². The number of carboxylic acid groups (broad SMARTS) is 1. The highest BCUT2D eigenvalue weighted by Crippen LogP contribution is 2.27. The van der Waals surface area contributed by atoms with E-state index in [0.29, 0.717) is 4.52 Å². The molecule has 0 aliphatic rings. The Kier molecular flexibility index (Phi) is 2.56. The van der Waals surface area contributed by atoms with E-state index >= 15 is 0 Å². The quantitative estimate of drug-likeness (QED) is 0.862. The van der Waals surface area contributed by atoms with E-state index in [-0.39, 0.29) is 5.88 Å². The number of alkyl halides is 3. The van der Waals surface area contributed by atoms with Crippen molar-refractivity contribution in [3.8, 4) is 5.88 Å². The highest BCUT2D eigenvalue weighted by Gasteiger charge is 2.37. The van der Waals surface area contributed by atoms with Crippen LogP contribution in [0.5, 0.6) is 5.88 Å². The van der Waals surface area contributed by atoms with Crippen LogP contribution < -0.4 is 4.74 Å². The third kappa shape index (κ3) is 1.92. The minimum Gasteiger partial charge on any atom is -0.481 e. The SMILES string of the molecule is COc1cc(C(=O)O)nc2nc(C(F)(F)F)nn12. The van der Waals surface area contributed by atoms with E-state index in [0.717, 1.165) is 13.2 Å². The first kappa shape index (κ1) is 12.1. The summed E-state index contributed by atoms with van der Waals surface area (Å²) in [5.74, 6) is -3.54. The molecule has 2 heterocycles. The molecule has 2 rings (SSSR count). The predicted octanol–water partition coefficient (Wildman–Crippen LogP) is 0.850. The summed E-state index contributed by atoms with van der Waals surface area (Å²) in [7, 11) is 1.16. The molecule has 10 heteroatoms. The molecule has 0 aromatic carbocycles. The van der Waals surface area contributed by atoms with Gasteiger partial charge in [0.1, 0.15) is 0 Å². The monoisotopic (exact) mass is 262 g/mol. The van der Waals surface area contributed by atoms with Crippen molar-refractivity contribution in [1.82, 2.24) is 19.6 Å². The summed E-state index contributed by atoms with van der Waals surface area (Å²) in [5.41, 5.74) is -0.486. The molecule has 0 saturated carbocycles. The number of ether oxygens (including phenoxy) is 1. The van der Waals surface area contributed by atoms with Gasteiger partial charge in [0, 0.05) is 6.07 Å². The van der Waals surface area contributed by atoms with Gasteiger partial charge < -0.3 is 9.84 Å². The van der Waals surface area contributed by atoms with Gasteiger partial charge in [-0.15, -0.1) is 5.10 Å². The maximum absolute atomic E-state index is 12.4. The lowest BCUT2D eigenvalue weighted by Crippen LogP contribution is -2.08. The molecular weight excluding hydrogens is 257 g/mol. The second kappa shape index (κ2) is 3.82. The Labute approximate surface area is 96.8 Å². The molecule has 7 nitrogen and oxygen atoms in total. The topological polar surface area (TPSA) is 89.6 Å². The van der Waals surface area contributed by atoms with E-state index in [2.05, 4.69) is 15.1 Å². The fourth-order valence-corrected chi connectivity index (χ4v) is 1.22. The van der Waals surface area contributed by atoms with Crippen LogP contribution in [0.3, 0.4) is 0 Å². The lowest BCUT2D eigenvalue weighted by atomic mass is 10.4. The van der Waals surface area contributed by atoms with Gasteiger partial charge in [0.2, 0.25) is 5.88 Å². The largest absolute Gasteiger partial charge is 0.481 e. The van der Waals surface area contributed by atoms with Crippen LogP contribution in [0.4, 0.5) is 13.2 Å². The summed E-state index contributed by atoms with van der Waals surface area (Å²) in [6, 6.07) is 0.949. The summed E-state index contributed by atoms with van der Waals surface area (Å²) in [6.07, 6.45) is -4.75. The maximum Gasteiger partial charge on any atom is 0.453 e. The number of aromatic nitrogens is 4. The Morgan fingerprint density at radius 2 is 2.11 bits per heavy atom. The predicted molar refractivity (Wildman–Crippen MR) is 49.3 cm³/mol. The zero-order chi connectivity index (χ0) is 13.5. The van der Waals surface area contributed by atoms with Crippen LogP contribution in [-0.2, 0) is 6.18 Å². The van der Waals surface area contributed by atoms with E-state index in [1.165, 1.54) is 0 Å². The minimum atomic E-state index is -4.75. The Hall–Kier alpha value is -2.39. The van der Waals surface area contributed by atoms with E-state index in [9.17, 15) is 18.0 Å². The Morgan fingerprint density at radius 1 is 1.44 bits per heavy atom. The molecule has 0 unspecified atom stereocenters. The third-order valence-electron chi connectivity index (χ3n) is 1.96. The van der Waals surface area contributed by atoms with Gasteiger partial charge in [-0.25, -0.2) is 9.78 Å². The van der Waals surface area contributed by atoms with Crippen LogP contribution in [0.15, 0.2) is 6.07 Å². The van der Waals surface area contributed by atoms with Crippen LogP contribution in [-0.4, -0.2) is 37.8 Å². The molecule has 0 spiro atoms. The summed E-state index contributed by atoms with van der Waals surface area (Å²) in [6.45, 7) is 0. The first-order valence-corrected chi connectivity index (χ1v) is 4.45. The molecule has 0 aliphatic carbocycles. The number of carbonyl (C=O) groups is 1. The second-order valence-electron chi connectivity index (χ2n) is 3.13. The van der Waals surface area contributed by atoms with Gasteiger partial charge in [-0.3, -0.25) is 0 Å². The van der Waals surface area contributed by atoms with Crippen molar-refractivity contribution < 1.29 is 27.8 Å². The van der Waals surface area contributed by atoms with Crippen LogP contribution in [0.1, 0.15) is 16.3 Å². The maximum atomic E-state index is 12.4. The molecule has 0 radical (unpaired) electrons. The van der Waals surface area contributed by atoms with Crippen molar-refractivity contribution in [2.75, 3.05) is 7.11 Å². The zero-order valence-corrected chi connectivity index (χ0v) is 8.76. The molecule has 2 aromatic rings. The fourth-order valence-electron chi connectivity index (χ4n) is 1.22. The Bertz CT molecular complexity index is 622. The Morgan fingerprint density at radius 3 is 2.61 bits per heavy atom. The highest BCUT2D eigenvalue weighted by molar-refractivity contribution is 5.86. The van der Waals surface area contributed by atoms with Gasteiger partial charge in [0.25, 0.3) is 11.6 Å². The molecule has 0 bridgehead atoms. The van der Waals surface area contributed by atoms with Crippen molar-refractivity contribution in [2.45, 2.75) is 6.18 Å². The molecule has 0 atom stereocenters. The van der Waals surface area contributed by atoms with Gasteiger partial charge in [-0.2, -0.15) is 22.7 Å². The number of halogens is 3. The first-order valence-electron chi connectivity index (χ1n) is 4.45. The lowest BCUT2D eigenvalue weighted by Gasteiger charge is -2.02. The van der Waals surface area contributed by atoms with Gasteiger partial charge in [0.05, 0.1) is 7.11 Å². The van der Waals surface area contributed by atoms with Crippen molar-refractivity contribution in [1.29, 1.82) is 0 Å². The number of methoxy groups -OCH3 is 1. The number of fused-ring (bicyclic) bond motifs is 1. The smallest absolute Gasteiger partial charge is 0.453 e. The molecule has 2 aromatic heterocycles. The third-order valence-corrected chi connectivity index (χ3v) is 1.96. The number of hydrogen-bond acceptors (Lipinski definition) is 5. The van der Waals surface area contributed by atoms with Crippen LogP contribution in [0.25, 0.3) is 5.78 Å². The molecule has 96 valence electrons. The van der Waals surface area contributed by atoms with E-state index in [1.54, 1.807) is 0 Å². The molecule has 0 fully saturated rings. The number of carboxylic acids is 1. The molecule has 1 N–H and O–H groups in total. The number of nitrogens with zero attached hydrogens (tertiary/aromatic N) is 4. The summed E-state index contributed by atoms with van der Waals surface area (Å²) < 4.78 is 42.6. The van der Waals surface area contributed by atoms with E-state index in [1.807, 2.05) is 0 Å². The van der Waals surface area contributed by atoms with Gasteiger partial charge in [-0.1, -0.05) is 0 Å². The zero-order valence-electron chi connectivity index (χ0n) is 8.76. The summed E-state index contributed by atoms with van der Waals surface area (Å²) in [4.78, 5) is 17.3. The van der Waals surface area contributed by atoms with Crippen molar-refractivity contribution in [3.05, 3.63) is 17.6 Å². The number of rotatable bonds is 2. The summed E-state index contributed by atoms with van der Waals surface area (Å²) in [5, 5.41) is 11.9. The van der Waals surface area contributed by atoms with Crippen molar-refractivity contribution in [3.63, 3.8) is 0 Å². The average Bonchev–Trinajstić information content (AvgIpc) is 2.70. The summed E-state index contributed by atoms with van der Waals surface area (Å²) >= 11 is 0. The van der Waals surface area contributed by atoms with Crippen molar-refractivity contribution in [2.24, 2.45) is 0 Å². The Balaban J connectivity index is 2.71.